The summed E-state index contributed by atoms with van der Waals surface area (Å²) in [7, 11) is 0. The van der Waals surface area contributed by atoms with E-state index in [0.29, 0.717) is 0 Å². The lowest BCUT2D eigenvalue weighted by Gasteiger charge is -1.63. The molecule has 1 unspecified atom stereocenters. The molecule has 0 bridgehead atoms. The van der Waals surface area contributed by atoms with Gasteiger partial charge in [0, 0.05) is 13.1 Å². The van der Waals surface area contributed by atoms with Gasteiger partial charge in [-0.05, 0) is 0 Å². The molecular formula is C2H4Cl2. The molecule has 0 spiro atoms. The van der Waals surface area contributed by atoms with Crippen LogP contribution in [-0.4, -0.2) is 11.7 Å². The van der Waals surface area contributed by atoms with E-state index in [1.807, 2.05) is 0 Å². The van der Waals surface area contributed by atoms with Gasteiger partial charge in [0.05, 0.1) is 0 Å². The van der Waals surface area contributed by atoms with Crippen molar-refractivity contribution in [1.29, 1.82) is 0 Å². The van der Waals surface area contributed by atoms with Crippen LogP contribution < -0.4 is 0 Å². The molecule has 0 nitrogen and oxygen atoms in total. The van der Waals surface area contributed by atoms with Gasteiger partial charge < -0.3 is 0 Å². The molecule has 0 amide bonds. The van der Waals surface area contributed by atoms with Gasteiger partial charge in [-0.2, -0.15) is 0 Å². The summed E-state index contributed by atoms with van der Waals surface area (Å²) < 4.78 is 6.46. The molecule has 4 heavy (non-hydrogen) atoms. The van der Waals surface area contributed by atoms with Crippen molar-refractivity contribution in [3.63, 3.8) is 0 Å². The van der Waals surface area contributed by atoms with E-state index in [9.17, 15) is 0 Å². The topological polar surface area (TPSA) is 0 Å². The van der Waals surface area contributed by atoms with E-state index in [1.165, 1.54) is 0 Å². The first-order chi connectivity index (χ1) is 2.27. The summed E-state index contributed by atoms with van der Waals surface area (Å²) in [6.07, 6.45) is 0. The zero-order chi connectivity index (χ0) is 4.28. The van der Waals surface area contributed by atoms with Crippen molar-refractivity contribution in [3.05, 3.63) is 0 Å². The standard InChI is InChI=1S/C2H4Cl2/c3-1-2-4/h1-2H2/i1D. The predicted molar refractivity (Wildman–Crippen MR) is 21.4 cm³/mol. The first-order valence-corrected chi connectivity index (χ1v) is 1.86. The summed E-state index contributed by atoms with van der Waals surface area (Å²) in [6.45, 7) is 0. The minimum absolute atomic E-state index is 0.210. The van der Waals surface area contributed by atoms with Crippen LogP contribution >= 0.6 is 23.2 Å². The Morgan fingerprint density at radius 3 is 2.00 bits per heavy atom. The number of rotatable bonds is 1. The average molecular weight is 100.0 g/mol. The quantitative estimate of drug-likeness (QED) is 0.437. The summed E-state index contributed by atoms with van der Waals surface area (Å²) in [6, 6.07) is 0. The van der Waals surface area contributed by atoms with Crippen LogP contribution in [0.5, 0.6) is 0 Å². The number of hydrogen-bond donors (Lipinski definition) is 0. The van der Waals surface area contributed by atoms with Crippen LogP contribution in [0.15, 0.2) is 0 Å². The summed E-state index contributed by atoms with van der Waals surface area (Å²) in [4.78, 5) is 0. The highest BCUT2D eigenvalue weighted by Gasteiger charge is 1.61. The normalized spacial score (nSPS) is 19.0. The van der Waals surface area contributed by atoms with Crippen LogP contribution in [0, 0.1) is 0 Å². The van der Waals surface area contributed by atoms with Crippen molar-refractivity contribution >= 4 is 23.2 Å². The molecule has 0 aliphatic heterocycles. The molecular weight excluding hydrogens is 94.9 g/mol. The lowest BCUT2D eigenvalue weighted by molar-refractivity contribution is 1.52. The fourth-order valence-electron chi connectivity index (χ4n) is 0. The molecule has 0 aliphatic rings. The molecule has 0 aromatic rings. The maximum atomic E-state index is 6.46. The highest BCUT2D eigenvalue weighted by Crippen LogP contribution is 1.75. The lowest BCUT2D eigenvalue weighted by Crippen LogP contribution is -1.63. The van der Waals surface area contributed by atoms with Crippen molar-refractivity contribution in [2.24, 2.45) is 0 Å². The molecule has 0 fully saturated rings. The minimum atomic E-state index is -0.628. The first kappa shape index (κ1) is 2.80. The van der Waals surface area contributed by atoms with E-state index in [2.05, 4.69) is 0 Å². The van der Waals surface area contributed by atoms with Crippen LogP contribution in [0.2, 0.25) is 0 Å². The van der Waals surface area contributed by atoms with Gasteiger partial charge in [-0.15, -0.1) is 23.2 Å². The molecule has 1 atom stereocenters. The molecule has 0 N–H and O–H groups in total. The van der Waals surface area contributed by atoms with Crippen LogP contribution in [-0.2, 0) is 0 Å². The van der Waals surface area contributed by atoms with Crippen LogP contribution in [0.1, 0.15) is 1.37 Å². The zero-order valence-electron chi connectivity index (χ0n) is 3.04. The van der Waals surface area contributed by atoms with Crippen LogP contribution in [0.4, 0.5) is 0 Å². The van der Waals surface area contributed by atoms with Crippen molar-refractivity contribution in [2.75, 3.05) is 11.7 Å². The third kappa shape index (κ3) is 2.58. The molecule has 0 aliphatic carbocycles. The molecule has 26 valence electrons. The lowest BCUT2D eigenvalue weighted by atomic mass is 11.0. The van der Waals surface area contributed by atoms with E-state index in [0.717, 1.165) is 0 Å². The van der Waals surface area contributed by atoms with Gasteiger partial charge >= 0.3 is 0 Å². The van der Waals surface area contributed by atoms with Gasteiger partial charge in [-0.3, -0.25) is 0 Å². The van der Waals surface area contributed by atoms with E-state index >= 15 is 0 Å². The van der Waals surface area contributed by atoms with E-state index in [4.69, 9.17) is 24.6 Å². The Kier molecular flexibility index (Phi) is 2.50. The van der Waals surface area contributed by atoms with Gasteiger partial charge in [-0.1, -0.05) is 0 Å². The Bertz CT molecular complexity index is 21.6. The highest BCUT2D eigenvalue weighted by atomic mass is 35.5. The summed E-state index contributed by atoms with van der Waals surface area (Å²) in [5, 5.41) is 0. The minimum Gasteiger partial charge on any atom is -0.125 e. The smallest absolute Gasteiger partial charge is 0.0448 e. The molecule has 0 rings (SSSR count). The maximum absolute atomic E-state index is 6.46. The molecule has 0 saturated heterocycles. The fraction of sp³-hybridized carbons (Fsp3) is 1.00. The Hall–Kier alpha value is 0.580. The van der Waals surface area contributed by atoms with E-state index in [-0.39, 0.29) is 5.88 Å². The first-order valence-electron chi connectivity index (χ1n) is 1.47. The summed E-state index contributed by atoms with van der Waals surface area (Å²) >= 11 is 10.0. The van der Waals surface area contributed by atoms with E-state index < -0.39 is 5.86 Å². The van der Waals surface area contributed by atoms with Crippen molar-refractivity contribution in [2.45, 2.75) is 0 Å². The SMILES string of the molecule is [2H]C(Cl)CCl. The Labute approximate surface area is 37.1 Å². The summed E-state index contributed by atoms with van der Waals surface area (Å²) in [5.74, 6) is -0.418. The van der Waals surface area contributed by atoms with Gasteiger partial charge in [0.25, 0.3) is 0 Å². The largest absolute Gasteiger partial charge is 0.125 e. The maximum Gasteiger partial charge on any atom is 0.0448 e. The molecule has 0 radical (unpaired) electrons. The average Bonchev–Trinajstić information content (AvgIpc) is 1.38. The van der Waals surface area contributed by atoms with Crippen molar-refractivity contribution < 1.29 is 1.37 Å². The summed E-state index contributed by atoms with van der Waals surface area (Å²) in [5.41, 5.74) is 0. The zero-order valence-corrected chi connectivity index (χ0v) is 3.55. The van der Waals surface area contributed by atoms with Gasteiger partial charge in [0.2, 0.25) is 0 Å². The van der Waals surface area contributed by atoms with Gasteiger partial charge in [0.1, 0.15) is 0 Å². The Balaban J connectivity index is 2.54. The van der Waals surface area contributed by atoms with Crippen molar-refractivity contribution in [3.8, 4) is 0 Å². The second-order valence-electron chi connectivity index (χ2n) is 0.309. The third-order valence-electron chi connectivity index (χ3n) is 0.0583. The molecule has 0 heterocycles. The van der Waals surface area contributed by atoms with Crippen LogP contribution in [0.3, 0.4) is 0 Å². The number of alkyl halides is 2. The predicted octanol–water partition coefficient (Wildman–Crippen LogP) is 1.46. The van der Waals surface area contributed by atoms with Gasteiger partial charge in [0.15, 0.2) is 0 Å². The number of halogens is 2. The molecule has 0 aromatic heterocycles. The molecule has 0 saturated carbocycles. The second kappa shape index (κ2) is 3.58. The Morgan fingerprint density at radius 1 is 1.75 bits per heavy atom. The van der Waals surface area contributed by atoms with Crippen molar-refractivity contribution in [1.82, 2.24) is 0 Å². The number of hydrogen-bond acceptors (Lipinski definition) is 0. The molecule has 2 heteroatoms. The highest BCUT2D eigenvalue weighted by molar-refractivity contribution is 6.25. The third-order valence-corrected chi connectivity index (χ3v) is 0.525. The Morgan fingerprint density at radius 2 is 2.00 bits per heavy atom. The van der Waals surface area contributed by atoms with E-state index in [1.54, 1.807) is 0 Å². The monoisotopic (exact) mass is 99.0 g/mol. The molecule has 0 aromatic carbocycles. The fourth-order valence-corrected chi connectivity index (χ4v) is 0. The van der Waals surface area contributed by atoms with Gasteiger partial charge in [-0.25, -0.2) is 0 Å². The second-order valence-corrected chi connectivity index (χ2v) is 0.926. The van der Waals surface area contributed by atoms with Crippen LogP contribution in [0.25, 0.3) is 0 Å².